The van der Waals surface area contributed by atoms with Gasteiger partial charge in [0.05, 0.1) is 12.2 Å². The Balaban J connectivity index is 1.78. The van der Waals surface area contributed by atoms with Crippen LogP contribution in [0.15, 0.2) is 12.1 Å². The molecule has 108 valence electrons. The van der Waals surface area contributed by atoms with Gasteiger partial charge >= 0.3 is 0 Å². The van der Waals surface area contributed by atoms with Crippen LogP contribution >= 0.6 is 0 Å². The van der Waals surface area contributed by atoms with Gasteiger partial charge in [-0.25, -0.2) is 8.78 Å². The van der Waals surface area contributed by atoms with Crippen molar-refractivity contribution in [3.63, 3.8) is 0 Å². The zero-order valence-electron chi connectivity index (χ0n) is 11.2. The minimum Gasteiger partial charge on any atom is -0.372 e. The first-order chi connectivity index (χ1) is 9.54. The normalized spacial score (nSPS) is 16.4. The van der Waals surface area contributed by atoms with E-state index < -0.39 is 12.2 Å². The molecule has 3 rings (SSSR count). The molecular weight excluding hydrogens is 268 g/mol. The third-order valence-corrected chi connectivity index (χ3v) is 3.10. The van der Waals surface area contributed by atoms with E-state index in [4.69, 9.17) is 4.74 Å². The lowest BCUT2D eigenvalue weighted by atomic mass is 10.1. The van der Waals surface area contributed by atoms with E-state index in [2.05, 4.69) is 15.3 Å². The molecule has 20 heavy (non-hydrogen) atoms. The maximum atomic E-state index is 12.8. The van der Waals surface area contributed by atoms with Crippen molar-refractivity contribution in [2.24, 2.45) is 0 Å². The molecule has 1 fully saturated rings. The molecule has 1 aliphatic rings. The first-order valence-corrected chi connectivity index (χ1v) is 6.45. The lowest BCUT2D eigenvalue weighted by Gasteiger charge is -2.40. The largest absolute Gasteiger partial charge is 0.372 e. The van der Waals surface area contributed by atoms with Gasteiger partial charge in [-0.3, -0.25) is 0 Å². The molecule has 0 atom stereocenters. The summed E-state index contributed by atoms with van der Waals surface area (Å²) in [6, 6.07) is 3.39. The van der Waals surface area contributed by atoms with Gasteiger partial charge in [0.2, 0.25) is 5.82 Å². The fourth-order valence-corrected chi connectivity index (χ4v) is 2.20. The fourth-order valence-electron chi connectivity index (χ4n) is 2.20. The molecule has 1 saturated heterocycles. The lowest BCUT2D eigenvalue weighted by Crippen LogP contribution is -2.53. The Kier molecular flexibility index (Phi) is 3.25. The first kappa shape index (κ1) is 13.2. The smallest absolute Gasteiger partial charge is 0.299 e. The van der Waals surface area contributed by atoms with Crippen molar-refractivity contribution >= 4 is 11.5 Å². The predicted molar refractivity (Wildman–Crippen MR) is 68.0 cm³/mol. The maximum Gasteiger partial charge on any atom is 0.299 e. The van der Waals surface area contributed by atoms with Crippen LogP contribution in [0.2, 0.25) is 0 Å². The molecule has 0 N–H and O–H groups in total. The third kappa shape index (κ3) is 2.31. The first-order valence-electron chi connectivity index (χ1n) is 6.45. The summed E-state index contributed by atoms with van der Waals surface area (Å²) in [6.45, 7) is 5.39. The second-order valence-corrected chi connectivity index (χ2v) is 5.03. The molecule has 0 amide bonds. The van der Waals surface area contributed by atoms with Crippen LogP contribution in [-0.2, 0) is 4.74 Å². The highest BCUT2D eigenvalue weighted by molar-refractivity contribution is 5.47. The Bertz CT molecular complexity index is 609. The van der Waals surface area contributed by atoms with Gasteiger partial charge in [0.1, 0.15) is 5.82 Å². The highest BCUT2D eigenvalue weighted by atomic mass is 19.3. The van der Waals surface area contributed by atoms with Crippen molar-refractivity contribution in [1.29, 1.82) is 0 Å². The average Bonchev–Trinajstić information content (AvgIpc) is 2.75. The Labute approximate surface area is 114 Å². The number of nitrogens with zero attached hydrogens (tertiary/aromatic N) is 5. The van der Waals surface area contributed by atoms with Gasteiger partial charge in [-0.1, -0.05) is 0 Å². The van der Waals surface area contributed by atoms with E-state index in [0.29, 0.717) is 24.6 Å². The molecule has 0 aliphatic carbocycles. The Morgan fingerprint density at radius 1 is 1.25 bits per heavy atom. The average molecular weight is 283 g/mol. The quantitative estimate of drug-likeness (QED) is 0.854. The van der Waals surface area contributed by atoms with Crippen molar-refractivity contribution in [1.82, 2.24) is 19.8 Å². The number of aromatic nitrogens is 4. The maximum absolute atomic E-state index is 12.8. The standard InChI is InChI=1S/C12H15F2N5O/c1-7(2)20-8-5-18(6-8)10-4-3-9-15-16-12(11(13)14)19(9)17-10/h3-4,7-8,11H,5-6H2,1-2H3. The molecule has 6 nitrogen and oxygen atoms in total. The van der Waals surface area contributed by atoms with Gasteiger partial charge in [-0.05, 0) is 26.0 Å². The summed E-state index contributed by atoms with van der Waals surface area (Å²) in [5.41, 5.74) is 0.319. The molecule has 0 aromatic carbocycles. The molecule has 0 radical (unpaired) electrons. The summed E-state index contributed by atoms with van der Waals surface area (Å²) in [6.07, 6.45) is -2.34. The lowest BCUT2D eigenvalue weighted by molar-refractivity contribution is -0.00753. The minimum atomic E-state index is -2.69. The van der Waals surface area contributed by atoms with E-state index in [0.717, 1.165) is 4.52 Å². The van der Waals surface area contributed by atoms with Gasteiger partial charge in [-0.15, -0.1) is 15.3 Å². The highest BCUT2D eigenvalue weighted by Crippen LogP contribution is 2.23. The van der Waals surface area contributed by atoms with Crippen LogP contribution in [0, 0.1) is 0 Å². The van der Waals surface area contributed by atoms with Crippen LogP contribution in [0.3, 0.4) is 0 Å². The molecule has 2 aromatic rings. The van der Waals surface area contributed by atoms with Gasteiger partial charge in [0, 0.05) is 13.1 Å². The number of alkyl halides is 2. The second kappa shape index (κ2) is 4.93. The summed E-state index contributed by atoms with van der Waals surface area (Å²) in [4.78, 5) is 1.97. The van der Waals surface area contributed by atoms with Crippen LogP contribution < -0.4 is 4.90 Å². The summed E-state index contributed by atoms with van der Waals surface area (Å²) in [5.74, 6) is 0.195. The summed E-state index contributed by atoms with van der Waals surface area (Å²) < 4.78 is 32.3. The molecule has 0 spiro atoms. The molecule has 2 aromatic heterocycles. The van der Waals surface area contributed by atoms with Crippen molar-refractivity contribution in [3.05, 3.63) is 18.0 Å². The fraction of sp³-hybridized carbons (Fsp3) is 0.583. The van der Waals surface area contributed by atoms with Crippen LogP contribution in [0.4, 0.5) is 14.6 Å². The molecule has 0 bridgehead atoms. The van der Waals surface area contributed by atoms with E-state index in [-0.39, 0.29) is 12.2 Å². The van der Waals surface area contributed by atoms with Crippen molar-refractivity contribution in [3.8, 4) is 0 Å². The minimum absolute atomic E-state index is 0.169. The van der Waals surface area contributed by atoms with Gasteiger partial charge < -0.3 is 9.64 Å². The van der Waals surface area contributed by atoms with Crippen molar-refractivity contribution in [2.75, 3.05) is 18.0 Å². The van der Waals surface area contributed by atoms with Crippen LogP contribution in [0.5, 0.6) is 0 Å². The number of hydrogen-bond acceptors (Lipinski definition) is 5. The number of fused-ring (bicyclic) bond motifs is 1. The Morgan fingerprint density at radius 3 is 2.65 bits per heavy atom. The van der Waals surface area contributed by atoms with E-state index in [1.54, 1.807) is 12.1 Å². The Hall–Kier alpha value is -1.83. The number of ether oxygens (including phenoxy) is 1. The van der Waals surface area contributed by atoms with Crippen molar-refractivity contribution < 1.29 is 13.5 Å². The van der Waals surface area contributed by atoms with Crippen molar-refractivity contribution in [2.45, 2.75) is 32.5 Å². The number of anilines is 1. The highest BCUT2D eigenvalue weighted by Gasteiger charge is 2.30. The van der Waals surface area contributed by atoms with E-state index in [1.165, 1.54) is 0 Å². The second-order valence-electron chi connectivity index (χ2n) is 5.03. The molecule has 0 saturated carbocycles. The van der Waals surface area contributed by atoms with Crippen LogP contribution in [0.1, 0.15) is 26.1 Å². The van der Waals surface area contributed by atoms with Gasteiger partial charge in [-0.2, -0.15) is 4.52 Å². The SMILES string of the molecule is CC(C)OC1CN(c2ccc3nnc(C(F)F)n3n2)C1. The summed E-state index contributed by atoms with van der Waals surface area (Å²) in [7, 11) is 0. The monoisotopic (exact) mass is 283 g/mol. The van der Waals surface area contributed by atoms with Gasteiger partial charge in [0.25, 0.3) is 6.43 Å². The summed E-state index contributed by atoms with van der Waals surface area (Å²) >= 11 is 0. The molecule has 8 heteroatoms. The van der Waals surface area contributed by atoms with Crippen LogP contribution in [-0.4, -0.2) is 45.1 Å². The topological polar surface area (TPSA) is 55.5 Å². The predicted octanol–water partition coefficient (Wildman–Crippen LogP) is 1.68. The Morgan fingerprint density at radius 2 is 2.00 bits per heavy atom. The zero-order chi connectivity index (χ0) is 14.3. The van der Waals surface area contributed by atoms with E-state index in [9.17, 15) is 8.78 Å². The summed E-state index contributed by atoms with van der Waals surface area (Å²) in [5, 5.41) is 11.3. The molecule has 0 unspecified atom stereocenters. The van der Waals surface area contributed by atoms with Crippen LogP contribution in [0.25, 0.3) is 5.65 Å². The zero-order valence-corrected chi connectivity index (χ0v) is 11.2. The number of halogens is 2. The third-order valence-electron chi connectivity index (χ3n) is 3.10. The van der Waals surface area contributed by atoms with E-state index in [1.807, 2.05) is 18.7 Å². The number of hydrogen-bond donors (Lipinski definition) is 0. The molecule has 3 heterocycles. The molecular formula is C12H15F2N5O. The molecule has 1 aliphatic heterocycles. The van der Waals surface area contributed by atoms with Gasteiger partial charge in [0.15, 0.2) is 5.65 Å². The van der Waals surface area contributed by atoms with E-state index >= 15 is 0 Å². The number of rotatable bonds is 4.